The van der Waals surface area contributed by atoms with Gasteiger partial charge in [-0.15, -0.1) is 0 Å². The van der Waals surface area contributed by atoms with Gasteiger partial charge in [-0.1, -0.05) is 60.7 Å². The molecule has 0 aromatic heterocycles. The van der Waals surface area contributed by atoms with E-state index in [9.17, 15) is 4.79 Å². The minimum Gasteiger partial charge on any atom is -0.339 e. The normalized spacial score (nSPS) is 15.3. The average Bonchev–Trinajstić information content (AvgIpc) is 2.67. The summed E-state index contributed by atoms with van der Waals surface area (Å²) >= 11 is 0. The number of rotatable bonds is 7. The fraction of sp³-hybridized carbons (Fsp3) is 0.381. The lowest BCUT2D eigenvalue weighted by Crippen LogP contribution is -2.50. The van der Waals surface area contributed by atoms with Gasteiger partial charge in [-0.3, -0.25) is 9.69 Å². The molecule has 0 radical (unpaired) electrons. The second-order valence-electron chi connectivity index (χ2n) is 6.55. The number of piperazine rings is 1. The van der Waals surface area contributed by atoms with Crippen LogP contribution in [0.5, 0.6) is 0 Å². The van der Waals surface area contributed by atoms with Gasteiger partial charge in [-0.05, 0) is 24.1 Å². The topological polar surface area (TPSA) is 35.6 Å². The summed E-state index contributed by atoms with van der Waals surface area (Å²) in [5.74, 6) is 0.215. The molecule has 1 heterocycles. The van der Waals surface area contributed by atoms with E-state index in [2.05, 4.69) is 58.7 Å². The molecule has 132 valence electrons. The third-order valence-electron chi connectivity index (χ3n) is 4.68. The number of hydrogen-bond donors (Lipinski definition) is 1. The maximum atomic E-state index is 12.3. The van der Waals surface area contributed by atoms with E-state index >= 15 is 0 Å². The zero-order chi connectivity index (χ0) is 17.3. The van der Waals surface area contributed by atoms with Crippen molar-refractivity contribution in [2.24, 2.45) is 0 Å². The maximum absolute atomic E-state index is 12.3. The van der Waals surface area contributed by atoms with Gasteiger partial charge < -0.3 is 10.2 Å². The molecule has 0 aliphatic carbocycles. The predicted molar refractivity (Wildman–Crippen MR) is 101 cm³/mol. The average molecular weight is 337 g/mol. The van der Waals surface area contributed by atoms with E-state index in [1.165, 1.54) is 11.1 Å². The van der Waals surface area contributed by atoms with E-state index < -0.39 is 0 Å². The molecule has 1 N–H and O–H groups in total. The molecular weight excluding hydrogens is 310 g/mol. The molecule has 1 aliphatic heterocycles. The highest BCUT2D eigenvalue weighted by molar-refractivity contribution is 5.78. The molecule has 1 fully saturated rings. The monoisotopic (exact) mass is 337 g/mol. The van der Waals surface area contributed by atoms with Crippen molar-refractivity contribution in [3.05, 3.63) is 71.8 Å². The van der Waals surface area contributed by atoms with Crippen LogP contribution >= 0.6 is 0 Å². The van der Waals surface area contributed by atoms with Crippen molar-refractivity contribution in [1.29, 1.82) is 0 Å². The summed E-state index contributed by atoms with van der Waals surface area (Å²) in [6.45, 7) is 5.79. The highest BCUT2D eigenvalue weighted by Crippen LogP contribution is 2.08. The summed E-state index contributed by atoms with van der Waals surface area (Å²) in [7, 11) is 0. The van der Waals surface area contributed by atoms with Crippen LogP contribution in [-0.4, -0.2) is 55.0 Å². The Hall–Kier alpha value is -2.17. The Morgan fingerprint density at radius 1 is 0.840 bits per heavy atom. The SMILES string of the molecule is O=C(CNCCc1ccccc1)N1CCN(Cc2ccccc2)CC1. The van der Waals surface area contributed by atoms with Gasteiger partial charge in [0.15, 0.2) is 0 Å². The summed E-state index contributed by atoms with van der Waals surface area (Å²) in [6, 6.07) is 20.9. The standard InChI is InChI=1S/C21H27N3O/c25-21(17-22-12-11-19-7-3-1-4-8-19)24-15-13-23(14-16-24)18-20-9-5-2-6-10-20/h1-10,22H,11-18H2. The first-order valence-electron chi connectivity index (χ1n) is 9.10. The minimum atomic E-state index is 0.215. The number of hydrogen-bond acceptors (Lipinski definition) is 3. The van der Waals surface area contributed by atoms with Crippen molar-refractivity contribution in [2.75, 3.05) is 39.3 Å². The molecule has 0 bridgehead atoms. The zero-order valence-corrected chi connectivity index (χ0v) is 14.7. The van der Waals surface area contributed by atoms with E-state index in [0.717, 1.165) is 45.7 Å². The van der Waals surface area contributed by atoms with E-state index in [-0.39, 0.29) is 5.91 Å². The van der Waals surface area contributed by atoms with Crippen molar-refractivity contribution >= 4 is 5.91 Å². The van der Waals surface area contributed by atoms with Crippen LogP contribution in [0.3, 0.4) is 0 Å². The van der Waals surface area contributed by atoms with Crippen molar-refractivity contribution in [3.63, 3.8) is 0 Å². The van der Waals surface area contributed by atoms with Crippen LogP contribution in [0.25, 0.3) is 0 Å². The smallest absolute Gasteiger partial charge is 0.236 e. The molecule has 0 spiro atoms. The fourth-order valence-electron chi connectivity index (χ4n) is 3.18. The van der Waals surface area contributed by atoms with E-state index in [1.54, 1.807) is 0 Å². The summed E-state index contributed by atoms with van der Waals surface area (Å²) in [5.41, 5.74) is 2.64. The lowest BCUT2D eigenvalue weighted by molar-refractivity contribution is -0.132. The highest BCUT2D eigenvalue weighted by atomic mass is 16.2. The van der Waals surface area contributed by atoms with Gasteiger partial charge >= 0.3 is 0 Å². The molecular formula is C21H27N3O. The number of nitrogens with zero attached hydrogens (tertiary/aromatic N) is 2. The van der Waals surface area contributed by atoms with Crippen LogP contribution in [0, 0.1) is 0 Å². The Balaban J connectivity index is 1.33. The quantitative estimate of drug-likeness (QED) is 0.787. The van der Waals surface area contributed by atoms with Crippen molar-refractivity contribution in [1.82, 2.24) is 15.1 Å². The fourth-order valence-corrected chi connectivity index (χ4v) is 3.18. The van der Waals surface area contributed by atoms with Crippen LogP contribution in [0.1, 0.15) is 11.1 Å². The van der Waals surface area contributed by atoms with Crippen LogP contribution < -0.4 is 5.32 Å². The van der Waals surface area contributed by atoms with Crippen molar-refractivity contribution in [2.45, 2.75) is 13.0 Å². The number of carbonyl (C=O) groups excluding carboxylic acids is 1. The minimum absolute atomic E-state index is 0.215. The molecule has 3 rings (SSSR count). The number of nitrogens with one attached hydrogen (secondary N) is 1. The summed E-state index contributed by atoms with van der Waals surface area (Å²) in [4.78, 5) is 16.7. The summed E-state index contributed by atoms with van der Waals surface area (Å²) in [6.07, 6.45) is 0.957. The van der Waals surface area contributed by atoms with Crippen LogP contribution in [-0.2, 0) is 17.8 Å². The molecule has 0 atom stereocenters. The van der Waals surface area contributed by atoms with Crippen LogP contribution in [0.2, 0.25) is 0 Å². The molecule has 2 aromatic carbocycles. The Labute approximate surface area is 150 Å². The predicted octanol–water partition coefficient (Wildman–Crippen LogP) is 2.16. The number of amides is 1. The zero-order valence-electron chi connectivity index (χ0n) is 14.7. The maximum Gasteiger partial charge on any atom is 0.236 e. The van der Waals surface area contributed by atoms with Gasteiger partial charge in [0.05, 0.1) is 6.54 Å². The van der Waals surface area contributed by atoms with Crippen molar-refractivity contribution in [3.8, 4) is 0 Å². The molecule has 0 saturated carbocycles. The van der Waals surface area contributed by atoms with E-state index in [4.69, 9.17) is 0 Å². The lowest BCUT2D eigenvalue weighted by atomic mass is 10.1. The second kappa shape index (κ2) is 9.35. The van der Waals surface area contributed by atoms with Gasteiger partial charge in [0.25, 0.3) is 0 Å². The summed E-state index contributed by atoms with van der Waals surface area (Å²) < 4.78 is 0. The molecule has 1 amide bonds. The number of carbonyl (C=O) groups is 1. The molecule has 1 saturated heterocycles. The van der Waals surface area contributed by atoms with Gasteiger partial charge in [-0.2, -0.15) is 0 Å². The lowest BCUT2D eigenvalue weighted by Gasteiger charge is -2.34. The van der Waals surface area contributed by atoms with Gasteiger partial charge in [0.2, 0.25) is 5.91 Å². The first-order chi connectivity index (χ1) is 12.3. The van der Waals surface area contributed by atoms with Gasteiger partial charge in [-0.25, -0.2) is 0 Å². The highest BCUT2D eigenvalue weighted by Gasteiger charge is 2.20. The van der Waals surface area contributed by atoms with Crippen molar-refractivity contribution < 1.29 is 4.79 Å². The Morgan fingerprint density at radius 3 is 2.08 bits per heavy atom. The molecule has 2 aromatic rings. The molecule has 0 unspecified atom stereocenters. The molecule has 4 nitrogen and oxygen atoms in total. The third kappa shape index (κ3) is 5.69. The molecule has 25 heavy (non-hydrogen) atoms. The Bertz CT molecular complexity index is 637. The van der Waals surface area contributed by atoms with Crippen LogP contribution in [0.15, 0.2) is 60.7 Å². The first kappa shape index (κ1) is 17.6. The second-order valence-corrected chi connectivity index (χ2v) is 6.55. The van der Waals surface area contributed by atoms with E-state index in [1.807, 2.05) is 17.0 Å². The van der Waals surface area contributed by atoms with E-state index in [0.29, 0.717) is 6.54 Å². The van der Waals surface area contributed by atoms with Gasteiger partial charge in [0, 0.05) is 32.7 Å². The Kier molecular flexibility index (Phi) is 6.60. The van der Waals surface area contributed by atoms with Gasteiger partial charge in [0.1, 0.15) is 0 Å². The largest absolute Gasteiger partial charge is 0.339 e. The third-order valence-corrected chi connectivity index (χ3v) is 4.68. The number of benzene rings is 2. The Morgan fingerprint density at radius 2 is 1.44 bits per heavy atom. The first-order valence-corrected chi connectivity index (χ1v) is 9.10. The molecule has 1 aliphatic rings. The van der Waals surface area contributed by atoms with Crippen LogP contribution in [0.4, 0.5) is 0 Å². The summed E-state index contributed by atoms with van der Waals surface area (Å²) in [5, 5.41) is 3.28. The molecule has 4 heteroatoms.